The highest BCUT2D eigenvalue weighted by Gasteiger charge is 2.34. The van der Waals surface area contributed by atoms with Crippen molar-refractivity contribution >= 4 is 0 Å². The molecule has 5 heteroatoms. The van der Waals surface area contributed by atoms with E-state index in [-0.39, 0.29) is 6.04 Å². The molecule has 2 aliphatic rings. The third-order valence-corrected chi connectivity index (χ3v) is 5.03. The van der Waals surface area contributed by atoms with E-state index in [1.54, 1.807) is 6.33 Å². The van der Waals surface area contributed by atoms with Gasteiger partial charge in [-0.25, -0.2) is 0 Å². The zero-order valence-electron chi connectivity index (χ0n) is 12.7. The molecule has 1 aliphatic carbocycles. The van der Waals surface area contributed by atoms with Crippen LogP contribution >= 0.6 is 0 Å². The molecule has 1 saturated heterocycles. The van der Waals surface area contributed by atoms with Gasteiger partial charge < -0.3 is 15.2 Å². The lowest BCUT2D eigenvalue weighted by Crippen LogP contribution is -2.47. The van der Waals surface area contributed by atoms with Crippen LogP contribution in [0.4, 0.5) is 0 Å². The summed E-state index contributed by atoms with van der Waals surface area (Å²) < 4.78 is 2.02. The molecule has 1 aliphatic heterocycles. The Hall–Kier alpha value is -0.940. The molecule has 20 heavy (non-hydrogen) atoms. The minimum Gasteiger partial charge on any atom is -0.319 e. The summed E-state index contributed by atoms with van der Waals surface area (Å²) in [5, 5.41) is 15.8. The van der Waals surface area contributed by atoms with Gasteiger partial charge in [-0.15, -0.1) is 10.2 Å². The lowest BCUT2D eigenvalue weighted by molar-refractivity contribution is 0.201. The third kappa shape index (κ3) is 2.88. The molecule has 1 aromatic rings. The van der Waals surface area contributed by atoms with Crippen LogP contribution in [0.2, 0.25) is 0 Å². The Balaban J connectivity index is 1.65. The summed E-state index contributed by atoms with van der Waals surface area (Å²) in [7, 11) is 2.02. The van der Waals surface area contributed by atoms with Crippen LogP contribution in [0.3, 0.4) is 0 Å². The van der Waals surface area contributed by atoms with Crippen LogP contribution in [0, 0.1) is 5.92 Å². The fraction of sp³-hybridized carbons (Fsp3) is 0.867. The van der Waals surface area contributed by atoms with Crippen molar-refractivity contribution in [1.82, 2.24) is 25.4 Å². The van der Waals surface area contributed by atoms with Crippen LogP contribution in [0.5, 0.6) is 0 Å². The fourth-order valence-electron chi connectivity index (χ4n) is 4.00. The molecule has 3 rings (SSSR count). The van der Waals surface area contributed by atoms with Gasteiger partial charge in [0.15, 0.2) is 0 Å². The third-order valence-electron chi connectivity index (χ3n) is 5.03. The van der Waals surface area contributed by atoms with E-state index in [4.69, 9.17) is 0 Å². The van der Waals surface area contributed by atoms with Crippen LogP contribution in [0.15, 0.2) is 6.33 Å². The number of aromatic nitrogens is 3. The van der Waals surface area contributed by atoms with Gasteiger partial charge in [-0.1, -0.05) is 12.8 Å². The highest BCUT2D eigenvalue weighted by molar-refractivity contribution is 4.97. The van der Waals surface area contributed by atoms with Crippen LogP contribution in [-0.4, -0.2) is 33.4 Å². The molecule has 2 N–H and O–H groups in total. The lowest BCUT2D eigenvalue weighted by Gasteiger charge is -2.37. The molecular weight excluding hydrogens is 250 g/mol. The first-order valence-electron chi connectivity index (χ1n) is 8.09. The van der Waals surface area contributed by atoms with Gasteiger partial charge in [0.05, 0.1) is 6.04 Å². The zero-order chi connectivity index (χ0) is 13.9. The highest BCUT2D eigenvalue weighted by atomic mass is 15.3. The van der Waals surface area contributed by atoms with E-state index in [2.05, 4.69) is 27.8 Å². The van der Waals surface area contributed by atoms with Crippen LogP contribution in [0.1, 0.15) is 57.3 Å². The van der Waals surface area contributed by atoms with Crippen molar-refractivity contribution in [2.75, 3.05) is 6.54 Å². The van der Waals surface area contributed by atoms with Crippen LogP contribution in [-0.2, 0) is 7.05 Å². The van der Waals surface area contributed by atoms with Crippen molar-refractivity contribution in [3.8, 4) is 0 Å². The number of nitrogens with zero attached hydrogens (tertiary/aromatic N) is 3. The van der Waals surface area contributed by atoms with Gasteiger partial charge >= 0.3 is 0 Å². The number of rotatable bonds is 4. The van der Waals surface area contributed by atoms with E-state index in [0.717, 1.165) is 17.8 Å². The summed E-state index contributed by atoms with van der Waals surface area (Å²) in [5.41, 5.74) is 0. The first-order chi connectivity index (χ1) is 9.75. The van der Waals surface area contributed by atoms with Crippen molar-refractivity contribution in [2.45, 2.75) is 63.6 Å². The summed E-state index contributed by atoms with van der Waals surface area (Å²) in [6.07, 6.45) is 9.87. The van der Waals surface area contributed by atoms with Gasteiger partial charge in [0.25, 0.3) is 0 Å². The van der Waals surface area contributed by atoms with Crippen molar-refractivity contribution in [3.05, 3.63) is 12.2 Å². The zero-order valence-corrected chi connectivity index (χ0v) is 12.7. The Bertz CT molecular complexity index is 424. The van der Waals surface area contributed by atoms with Crippen molar-refractivity contribution in [3.63, 3.8) is 0 Å². The topological polar surface area (TPSA) is 54.8 Å². The Morgan fingerprint density at radius 3 is 2.85 bits per heavy atom. The molecule has 112 valence electrons. The van der Waals surface area contributed by atoms with E-state index in [9.17, 15) is 0 Å². The van der Waals surface area contributed by atoms with Crippen molar-refractivity contribution in [1.29, 1.82) is 0 Å². The molecule has 2 heterocycles. The van der Waals surface area contributed by atoms with E-state index in [1.807, 2.05) is 11.6 Å². The largest absolute Gasteiger partial charge is 0.319 e. The predicted octanol–water partition coefficient (Wildman–Crippen LogP) is 1.78. The summed E-state index contributed by atoms with van der Waals surface area (Å²) in [5.74, 6) is 1.82. The molecule has 0 spiro atoms. The molecule has 0 aromatic carbocycles. The average molecular weight is 277 g/mol. The molecular formula is C15H27N5. The SMILES string of the molecule is CC(NC1CCCCC1C1CCCN1)c1nncn1C. The van der Waals surface area contributed by atoms with E-state index in [0.29, 0.717) is 6.04 Å². The molecule has 4 atom stereocenters. The Morgan fingerprint density at radius 2 is 2.15 bits per heavy atom. The summed E-state index contributed by atoms with van der Waals surface area (Å²) in [6.45, 7) is 3.41. The quantitative estimate of drug-likeness (QED) is 0.881. The maximum Gasteiger partial charge on any atom is 0.149 e. The molecule has 4 unspecified atom stereocenters. The Kier molecular flexibility index (Phi) is 4.36. The smallest absolute Gasteiger partial charge is 0.149 e. The predicted molar refractivity (Wildman–Crippen MR) is 79.3 cm³/mol. The van der Waals surface area contributed by atoms with E-state index in [1.165, 1.54) is 45.1 Å². The average Bonchev–Trinajstić information content (AvgIpc) is 3.10. The number of aryl methyl sites for hydroxylation is 1. The molecule has 1 saturated carbocycles. The first-order valence-corrected chi connectivity index (χ1v) is 8.09. The summed E-state index contributed by atoms with van der Waals surface area (Å²) in [4.78, 5) is 0. The maximum absolute atomic E-state index is 4.24. The lowest BCUT2D eigenvalue weighted by atomic mass is 9.79. The molecule has 0 radical (unpaired) electrons. The Morgan fingerprint density at radius 1 is 1.30 bits per heavy atom. The van der Waals surface area contributed by atoms with Gasteiger partial charge in [0.1, 0.15) is 12.2 Å². The van der Waals surface area contributed by atoms with Gasteiger partial charge in [-0.2, -0.15) is 0 Å². The number of hydrogen-bond donors (Lipinski definition) is 2. The van der Waals surface area contributed by atoms with Crippen molar-refractivity contribution in [2.24, 2.45) is 13.0 Å². The minimum absolute atomic E-state index is 0.273. The normalized spacial score (nSPS) is 32.4. The van der Waals surface area contributed by atoms with Gasteiger partial charge in [0, 0.05) is 19.1 Å². The van der Waals surface area contributed by atoms with Gasteiger partial charge in [-0.05, 0) is 45.1 Å². The first kappa shape index (κ1) is 14.0. The second-order valence-electron chi connectivity index (χ2n) is 6.45. The molecule has 0 amide bonds. The summed E-state index contributed by atoms with van der Waals surface area (Å²) >= 11 is 0. The number of hydrogen-bond acceptors (Lipinski definition) is 4. The standard InChI is InChI=1S/C15H27N5/c1-11(15-19-17-10-20(15)2)18-14-7-4-3-6-12(14)13-8-5-9-16-13/h10-14,16,18H,3-9H2,1-2H3. The van der Waals surface area contributed by atoms with Gasteiger partial charge in [-0.3, -0.25) is 0 Å². The van der Waals surface area contributed by atoms with Crippen LogP contribution in [0.25, 0.3) is 0 Å². The van der Waals surface area contributed by atoms with E-state index < -0.39 is 0 Å². The van der Waals surface area contributed by atoms with Crippen molar-refractivity contribution < 1.29 is 0 Å². The molecule has 1 aromatic heterocycles. The molecule has 2 fully saturated rings. The fourth-order valence-corrected chi connectivity index (χ4v) is 4.00. The Labute approximate surface area is 121 Å². The second kappa shape index (κ2) is 6.22. The summed E-state index contributed by atoms with van der Waals surface area (Å²) in [6, 6.07) is 1.61. The molecule has 5 nitrogen and oxygen atoms in total. The van der Waals surface area contributed by atoms with E-state index >= 15 is 0 Å². The minimum atomic E-state index is 0.273. The monoisotopic (exact) mass is 277 g/mol. The highest BCUT2D eigenvalue weighted by Crippen LogP contribution is 2.31. The number of nitrogens with one attached hydrogen (secondary N) is 2. The maximum atomic E-state index is 4.24. The second-order valence-corrected chi connectivity index (χ2v) is 6.45. The van der Waals surface area contributed by atoms with Gasteiger partial charge in [0.2, 0.25) is 0 Å². The van der Waals surface area contributed by atoms with Crippen LogP contribution < -0.4 is 10.6 Å². The molecule has 0 bridgehead atoms.